The maximum atomic E-state index is 13.7. The molecule has 1 aromatic carbocycles. The molecule has 1 saturated heterocycles. The van der Waals surface area contributed by atoms with Gasteiger partial charge in [0, 0.05) is 12.6 Å². The van der Waals surface area contributed by atoms with Crippen LogP contribution in [0.3, 0.4) is 0 Å². The van der Waals surface area contributed by atoms with Gasteiger partial charge in [-0.2, -0.15) is 0 Å². The Bertz CT molecular complexity index is 1230. The summed E-state index contributed by atoms with van der Waals surface area (Å²) in [5.41, 5.74) is -0.614. The Labute approximate surface area is 211 Å². The lowest BCUT2D eigenvalue weighted by atomic mass is 10.1. The fourth-order valence-corrected chi connectivity index (χ4v) is 4.27. The van der Waals surface area contributed by atoms with Gasteiger partial charge < -0.3 is 44.6 Å². The van der Waals surface area contributed by atoms with Crippen LogP contribution in [0, 0.1) is 0 Å². The summed E-state index contributed by atoms with van der Waals surface area (Å²) in [4.78, 5) is 29.5. The summed E-state index contributed by atoms with van der Waals surface area (Å²) < 4.78 is 21.4. The first-order valence-electron chi connectivity index (χ1n) is 11.2. The highest BCUT2D eigenvalue weighted by atomic mass is 16.8. The third-order valence-corrected chi connectivity index (χ3v) is 5.89. The summed E-state index contributed by atoms with van der Waals surface area (Å²) in [6.45, 7) is 8.83. The fourth-order valence-electron chi connectivity index (χ4n) is 4.27. The third kappa shape index (κ3) is 4.47. The molecular formula is C24H28N2O11. The number of amides is 2. The number of hydrogen-bond donors (Lipinski definition) is 5. The van der Waals surface area contributed by atoms with Crippen molar-refractivity contribution < 1.29 is 54.1 Å². The van der Waals surface area contributed by atoms with Crippen molar-refractivity contribution in [2.75, 3.05) is 18.6 Å². The number of ether oxygens (including phenoxy) is 4. The van der Waals surface area contributed by atoms with Crippen LogP contribution < -0.4 is 9.64 Å². The maximum absolute atomic E-state index is 13.7. The number of phenolic OH excluding ortho intramolecular Hbond substituents is 1. The molecule has 13 nitrogen and oxygen atoms in total. The first kappa shape index (κ1) is 26.0. The van der Waals surface area contributed by atoms with E-state index < -0.39 is 58.9 Å². The molecule has 200 valence electrons. The van der Waals surface area contributed by atoms with E-state index in [-0.39, 0.29) is 30.0 Å². The monoisotopic (exact) mass is 520 g/mol. The molecule has 0 saturated carbocycles. The minimum absolute atomic E-state index is 0.0365. The molecule has 0 spiro atoms. The van der Waals surface area contributed by atoms with Crippen molar-refractivity contribution in [2.24, 2.45) is 0 Å². The van der Waals surface area contributed by atoms with Gasteiger partial charge in [-0.05, 0) is 33.3 Å². The molecule has 1 fully saturated rings. The van der Waals surface area contributed by atoms with E-state index in [4.69, 9.17) is 18.9 Å². The van der Waals surface area contributed by atoms with E-state index in [2.05, 4.69) is 6.58 Å². The normalized spacial score (nSPS) is 25.7. The molecule has 0 radical (unpaired) electrons. The predicted molar refractivity (Wildman–Crippen MR) is 126 cm³/mol. The number of benzene rings is 1. The van der Waals surface area contributed by atoms with Crippen molar-refractivity contribution in [1.82, 2.24) is 4.90 Å². The molecule has 37 heavy (non-hydrogen) atoms. The number of aliphatic hydroxyl groups excluding tert-OH is 3. The number of fused-ring (bicyclic) bond motifs is 2. The van der Waals surface area contributed by atoms with Gasteiger partial charge in [0.25, 0.3) is 5.91 Å². The quantitative estimate of drug-likeness (QED) is 0.292. The lowest BCUT2D eigenvalue weighted by Gasteiger charge is -2.40. The maximum Gasteiger partial charge on any atom is 0.417 e. The van der Waals surface area contributed by atoms with Crippen LogP contribution in [0.4, 0.5) is 10.5 Å². The molecule has 13 heteroatoms. The van der Waals surface area contributed by atoms with Crippen LogP contribution in [0.1, 0.15) is 37.6 Å². The van der Waals surface area contributed by atoms with Crippen LogP contribution in [-0.4, -0.2) is 79.9 Å². The number of phenols is 1. The SMILES string of the molecule is C=C1C[C@H]2[C@H](OC3(O)OC=C(O)C(O)=C3O)N(C(=O)OC(C)(C)C)c3cc(O)c(OC)cc3C(=O)N2C1. The number of nitrogens with zero attached hydrogens (tertiary/aromatic N) is 2. The third-order valence-electron chi connectivity index (χ3n) is 5.89. The number of rotatable bonds is 3. The van der Waals surface area contributed by atoms with Gasteiger partial charge in [-0.3, -0.25) is 9.53 Å². The van der Waals surface area contributed by atoms with E-state index in [1.807, 2.05) is 0 Å². The van der Waals surface area contributed by atoms with Crippen molar-refractivity contribution in [2.45, 2.75) is 51.0 Å². The van der Waals surface area contributed by atoms with Crippen LogP contribution in [0.5, 0.6) is 11.5 Å². The minimum Gasteiger partial charge on any atom is -0.504 e. The molecule has 0 bridgehead atoms. The van der Waals surface area contributed by atoms with Gasteiger partial charge >= 0.3 is 12.1 Å². The van der Waals surface area contributed by atoms with E-state index in [9.17, 15) is 35.1 Å². The topological polar surface area (TPSA) is 179 Å². The van der Waals surface area contributed by atoms with Crippen molar-refractivity contribution in [3.05, 3.63) is 53.4 Å². The van der Waals surface area contributed by atoms with Crippen molar-refractivity contribution in [1.29, 1.82) is 0 Å². The van der Waals surface area contributed by atoms with Gasteiger partial charge in [-0.15, -0.1) is 0 Å². The van der Waals surface area contributed by atoms with E-state index in [0.29, 0.717) is 11.8 Å². The highest BCUT2D eigenvalue weighted by molar-refractivity contribution is 6.06. The number of aromatic hydroxyl groups is 1. The first-order chi connectivity index (χ1) is 17.2. The molecule has 5 N–H and O–H groups in total. The molecule has 4 rings (SSSR count). The summed E-state index contributed by atoms with van der Waals surface area (Å²) >= 11 is 0. The molecule has 0 aliphatic carbocycles. The van der Waals surface area contributed by atoms with Gasteiger partial charge in [-0.25, -0.2) is 9.69 Å². The Morgan fingerprint density at radius 2 is 1.89 bits per heavy atom. The van der Waals surface area contributed by atoms with E-state index in [1.54, 1.807) is 20.8 Å². The zero-order valence-electron chi connectivity index (χ0n) is 20.6. The molecule has 3 atom stereocenters. The molecule has 2 amide bonds. The summed E-state index contributed by atoms with van der Waals surface area (Å²) in [6.07, 6.45) is -2.01. The highest BCUT2D eigenvalue weighted by Gasteiger charge is 2.54. The molecule has 0 aromatic heterocycles. The Morgan fingerprint density at radius 3 is 2.51 bits per heavy atom. The lowest BCUT2D eigenvalue weighted by Crippen LogP contribution is -2.57. The molecule has 1 unspecified atom stereocenters. The van der Waals surface area contributed by atoms with E-state index >= 15 is 0 Å². The van der Waals surface area contributed by atoms with Crippen LogP contribution in [0.15, 0.2) is 47.8 Å². The molecule has 3 heterocycles. The molecule has 1 aromatic rings. The van der Waals surface area contributed by atoms with Gasteiger partial charge in [0.15, 0.2) is 23.5 Å². The zero-order chi connectivity index (χ0) is 27.4. The zero-order valence-corrected chi connectivity index (χ0v) is 20.6. The largest absolute Gasteiger partial charge is 0.504 e. The predicted octanol–water partition coefficient (Wildman–Crippen LogP) is 2.67. The second kappa shape index (κ2) is 8.78. The van der Waals surface area contributed by atoms with Crippen LogP contribution in [-0.2, 0) is 14.2 Å². The number of carbonyl (C=O) groups excluding carboxylic acids is 2. The molecular weight excluding hydrogens is 492 g/mol. The van der Waals surface area contributed by atoms with Gasteiger partial charge in [0.05, 0.1) is 24.4 Å². The van der Waals surface area contributed by atoms with Crippen LogP contribution >= 0.6 is 0 Å². The summed E-state index contributed by atoms with van der Waals surface area (Å²) in [5.74, 6) is -7.40. The smallest absolute Gasteiger partial charge is 0.417 e. The standard InChI is InChI=1S/C24H28N2O11/c1-11-6-14-21(36-24(33)19(30)18(29)16(28)10-35-24)26(22(32)37-23(2,3)4)13-8-15(27)17(34-5)7-12(13)20(31)25(14)9-11/h7-8,10,14,21,27-30,33H,1,6,9H2,2-5H3/t14-,21-,24?/m0/s1. The second-order valence-corrected chi connectivity index (χ2v) is 9.75. The Kier molecular flexibility index (Phi) is 6.16. The number of carbonyl (C=O) groups is 2. The van der Waals surface area contributed by atoms with E-state index in [1.165, 1.54) is 18.1 Å². The summed E-state index contributed by atoms with van der Waals surface area (Å²) in [5, 5.41) is 51.5. The number of aliphatic hydroxyl groups is 4. The van der Waals surface area contributed by atoms with Crippen molar-refractivity contribution >= 4 is 17.7 Å². The average Bonchev–Trinajstić information content (AvgIpc) is 3.17. The molecule has 3 aliphatic rings. The van der Waals surface area contributed by atoms with Crippen molar-refractivity contribution in [3.8, 4) is 11.5 Å². The first-order valence-corrected chi connectivity index (χ1v) is 11.2. The van der Waals surface area contributed by atoms with Crippen LogP contribution in [0.2, 0.25) is 0 Å². The Hall–Kier alpha value is -4.10. The van der Waals surface area contributed by atoms with Crippen molar-refractivity contribution in [3.63, 3.8) is 0 Å². The number of methoxy groups -OCH3 is 1. The van der Waals surface area contributed by atoms with Gasteiger partial charge in [0.1, 0.15) is 11.9 Å². The molecule has 3 aliphatic heterocycles. The fraction of sp³-hybridized carbons (Fsp3) is 0.417. The summed E-state index contributed by atoms with van der Waals surface area (Å²) in [6, 6.07) is 1.37. The number of hydrogen-bond acceptors (Lipinski definition) is 11. The highest BCUT2D eigenvalue weighted by Crippen LogP contribution is 2.44. The lowest BCUT2D eigenvalue weighted by molar-refractivity contribution is -0.351. The van der Waals surface area contributed by atoms with Gasteiger partial charge in [0.2, 0.25) is 11.5 Å². The Morgan fingerprint density at radius 1 is 1.22 bits per heavy atom. The average molecular weight is 520 g/mol. The van der Waals surface area contributed by atoms with Gasteiger partial charge in [-0.1, -0.05) is 12.2 Å². The summed E-state index contributed by atoms with van der Waals surface area (Å²) in [7, 11) is 1.29. The van der Waals surface area contributed by atoms with E-state index in [0.717, 1.165) is 11.0 Å². The number of anilines is 1. The second-order valence-electron chi connectivity index (χ2n) is 9.75. The minimum atomic E-state index is -3.08. The van der Waals surface area contributed by atoms with Crippen LogP contribution in [0.25, 0.3) is 0 Å². The Balaban J connectivity index is 1.93.